The third-order valence-corrected chi connectivity index (χ3v) is 7.17. The Labute approximate surface area is 223 Å². The minimum atomic E-state index is -0.951. The van der Waals surface area contributed by atoms with Gasteiger partial charge in [-0.25, -0.2) is 13.8 Å². The molecule has 0 atom stereocenters. The number of hydrogen-bond acceptors (Lipinski definition) is 5. The Hall–Kier alpha value is -4.85. The van der Waals surface area contributed by atoms with Gasteiger partial charge in [-0.05, 0) is 60.7 Å². The van der Waals surface area contributed by atoms with Gasteiger partial charge in [0.25, 0.3) is 0 Å². The first-order chi connectivity index (χ1) is 18.9. The summed E-state index contributed by atoms with van der Waals surface area (Å²) in [7, 11) is 0. The van der Waals surface area contributed by atoms with Crippen LogP contribution in [0.15, 0.2) is 89.5 Å². The van der Waals surface area contributed by atoms with Crippen LogP contribution in [-0.4, -0.2) is 21.2 Å². The maximum atomic E-state index is 14.3. The molecule has 1 fully saturated rings. The molecule has 0 saturated heterocycles. The number of pyridine rings is 1. The zero-order valence-corrected chi connectivity index (χ0v) is 20.9. The number of aliphatic carboxylic acids is 1. The van der Waals surface area contributed by atoms with Crippen molar-refractivity contribution in [3.8, 4) is 33.7 Å². The van der Waals surface area contributed by atoms with Crippen molar-refractivity contribution >= 4 is 17.5 Å². The summed E-state index contributed by atoms with van der Waals surface area (Å²) in [4.78, 5) is 16.1. The minimum Gasteiger partial charge on any atom is -0.481 e. The molecule has 5 aromatic rings. The molecule has 1 saturated carbocycles. The predicted octanol–water partition coefficient (Wildman–Crippen LogP) is 7.52. The van der Waals surface area contributed by atoms with E-state index in [-0.39, 0.29) is 5.56 Å². The molecule has 2 heterocycles. The normalized spacial score (nSPS) is 13.7. The molecule has 0 radical (unpaired) electrons. The van der Waals surface area contributed by atoms with Gasteiger partial charge in [-0.15, -0.1) is 0 Å². The average molecular weight is 524 g/mol. The van der Waals surface area contributed by atoms with Crippen LogP contribution in [0.1, 0.15) is 24.1 Å². The van der Waals surface area contributed by atoms with Crippen molar-refractivity contribution in [1.29, 1.82) is 0 Å². The quantitative estimate of drug-likeness (QED) is 0.229. The van der Waals surface area contributed by atoms with Gasteiger partial charge in [-0.1, -0.05) is 65.8 Å². The number of aromatic nitrogens is 2. The number of benzene rings is 3. The Morgan fingerprint density at radius 2 is 1.54 bits per heavy atom. The number of halogens is 2. The summed E-state index contributed by atoms with van der Waals surface area (Å²) in [6.45, 7) is 1.80. The van der Waals surface area contributed by atoms with E-state index in [9.17, 15) is 18.7 Å². The second kappa shape index (κ2) is 9.47. The fourth-order valence-corrected chi connectivity index (χ4v) is 4.74. The molecule has 39 heavy (non-hydrogen) atoms. The van der Waals surface area contributed by atoms with Gasteiger partial charge in [0.1, 0.15) is 17.2 Å². The number of nitrogens with one attached hydrogen (secondary N) is 1. The summed E-state index contributed by atoms with van der Waals surface area (Å²) < 4.78 is 33.7. The fourth-order valence-electron chi connectivity index (χ4n) is 4.74. The third kappa shape index (κ3) is 4.44. The van der Waals surface area contributed by atoms with Crippen molar-refractivity contribution in [3.05, 3.63) is 108 Å². The molecule has 0 bridgehead atoms. The lowest BCUT2D eigenvalue weighted by Gasteiger charge is -2.11. The Kier molecular flexibility index (Phi) is 5.95. The number of nitrogens with zero attached hydrogens (tertiary/aromatic N) is 2. The molecule has 0 spiro atoms. The lowest BCUT2D eigenvalue weighted by Crippen LogP contribution is -2.19. The van der Waals surface area contributed by atoms with Crippen LogP contribution in [0.3, 0.4) is 0 Å². The van der Waals surface area contributed by atoms with E-state index in [0.717, 1.165) is 28.3 Å². The number of rotatable bonds is 7. The highest BCUT2D eigenvalue weighted by atomic mass is 19.2. The highest BCUT2D eigenvalue weighted by Crippen LogP contribution is 2.48. The fraction of sp³-hybridized carbons (Fsp3) is 0.129. The monoisotopic (exact) mass is 523 g/mol. The van der Waals surface area contributed by atoms with Gasteiger partial charge in [-0.2, -0.15) is 0 Å². The zero-order valence-electron chi connectivity index (χ0n) is 20.9. The van der Waals surface area contributed by atoms with Crippen LogP contribution in [0.4, 0.5) is 20.3 Å². The lowest BCUT2D eigenvalue weighted by molar-refractivity contribution is -0.140. The Morgan fingerprint density at radius 1 is 0.897 bits per heavy atom. The first-order valence-electron chi connectivity index (χ1n) is 12.5. The Balaban J connectivity index is 1.25. The Morgan fingerprint density at radius 3 is 2.21 bits per heavy atom. The largest absolute Gasteiger partial charge is 0.481 e. The van der Waals surface area contributed by atoms with Crippen molar-refractivity contribution < 1.29 is 23.2 Å². The van der Waals surface area contributed by atoms with E-state index >= 15 is 0 Å². The smallest absolute Gasteiger partial charge is 0.314 e. The Bertz CT molecular complexity index is 1690. The van der Waals surface area contributed by atoms with Crippen LogP contribution < -0.4 is 5.32 Å². The first kappa shape index (κ1) is 24.5. The van der Waals surface area contributed by atoms with Crippen molar-refractivity contribution in [3.63, 3.8) is 0 Å². The van der Waals surface area contributed by atoms with Crippen molar-refractivity contribution in [2.75, 3.05) is 5.32 Å². The molecule has 6 nitrogen and oxygen atoms in total. The number of aryl methyl sites for hydroxylation is 1. The molecule has 1 aliphatic carbocycles. The van der Waals surface area contributed by atoms with Crippen LogP contribution in [0, 0.1) is 18.6 Å². The second-order valence-electron chi connectivity index (χ2n) is 9.65. The van der Waals surface area contributed by atoms with Gasteiger partial charge in [0.15, 0.2) is 17.4 Å². The van der Waals surface area contributed by atoms with Gasteiger partial charge in [0.2, 0.25) is 0 Å². The molecule has 0 amide bonds. The number of carbonyl (C=O) groups is 1. The maximum absolute atomic E-state index is 14.3. The molecule has 2 N–H and O–H groups in total. The molecular weight excluding hydrogens is 500 g/mol. The van der Waals surface area contributed by atoms with Gasteiger partial charge >= 0.3 is 5.97 Å². The van der Waals surface area contributed by atoms with Gasteiger partial charge < -0.3 is 14.9 Å². The third-order valence-electron chi connectivity index (χ3n) is 7.17. The molecule has 2 aromatic heterocycles. The topological polar surface area (TPSA) is 88.2 Å². The van der Waals surface area contributed by atoms with Gasteiger partial charge in [-0.3, -0.25) is 4.79 Å². The summed E-state index contributed by atoms with van der Waals surface area (Å²) in [5.41, 5.74) is 4.43. The van der Waals surface area contributed by atoms with E-state index < -0.39 is 23.0 Å². The zero-order chi connectivity index (χ0) is 27.1. The predicted molar refractivity (Wildman–Crippen MR) is 144 cm³/mol. The van der Waals surface area contributed by atoms with E-state index in [2.05, 4.69) is 15.5 Å². The molecule has 3 aromatic carbocycles. The first-order valence-corrected chi connectivity index (χ1v) is 12.5. The van der Waals surface area contributed by atoms with Crippen molar-refractivity contribution in [2.24, 2.45) is 0 Å². The van der Waals surface area contributed by atoms with Gasteiger partial charge in [0, 0.05) is 11.1 Å². The number of hydrogen-bond donors (Lipinski definition) is 2. The van der Waals surface area contributed by atoms with Crippen LogP contribution in [0.2, 0.25) is 0 Å². The van der Waals surface area contributed by atoms with Crippen molar-refractivity contribution in [1.82, 2.24) is 10.1 Å². The maximum Gasteiger partial charge on any atom is 0.314 e. The lowest BCUT2D eigenvalue weighted by atomic mass is 9.93. The van der Waals surface area contributed by atoms with Crippen molar-refractivity contribution in [2.45, 2.75) is 25.2 Å². The molecule has 0 aliphatic heterocycles. The standard InChI is InChI=1S/C31H23F2N3O3/c1-18-28(35-26-7-3-6-25(34-26)23-4-2-5-24(32)27(23)33)29(39-36-18)21-10-8-19(9-11-21)20-12-14-22(15-13-20)31(16-17-31)30(37)38/h2-15H,16-17H2,1H3,(H,34,35)(H,37,38). The number of carboxylic acids is 1. The average Bonchev–Trinajstić information content (AvgIpc) is 3.70. The van der Waals surface area contributed by atoms with Crippen LogP contribution in [0.5, 0.6) is 0 Å². The number of anilines is 2. The van der Waals surface area contributed by atoms with E-state index in [1.807, 2.05) is 48.5 Å². The number of carboxylic acid groups (broad SMARTS) is 1. The molecule has 1 aliphatic rings. The van der Waals surface area contributed by atoms with Crippen LogP contribution >= 0.6 is 0 Å². The molecule has 194 valence electrons. The van der Waals surface area contributed by atoms with Gasteiger partial charge in [0.05, 0.1) is 11.1 Å². The van der Waals surface area contributed by atoms with E-state index in [4.69, 9.17) is 4.52 Å². The van der Waals surface area contributed by atoms with E-state index in [1.54, 1.807) is 25.1 Å². The highest BCUT2D eigenvalue weighted by molar-refractivity contribution is 5.85. The summed E-state index contributed by atoms with van der Waals surface area (Å²) in [5.74, 6) is -1.72. The SMILES string of the molecule is Cc1noc(-c2ccc(-c3ccc(C4(C(=O)O)CC4)cc3)cc2)c1Nc1cccc(-c2cccc(F)c2F)n1. The molecule has 6 rings (SSSR count). The summed E-state index contributed by atoms with van der Waals surface area (Å²) in [6.07, 6.45) is 1.34. The molecular formula is C31H23F2N3O3. The highest BCUT2D eigenvalue weighted by Gasteiger charge is 2.51. The second-order valence-corrected chi connectivity index (χ2v) is 9.65. The summed E-state index contributed by atoms with van der Waals surface area (Å²) >= 11 is 0. The molecule has 0 unspecified atom stereocenters. The van der Waals surface area contributed by atoms with E-state index in [1.165, 1.54) is 12.1 Å². The summed E-state index contributed by atoms with van der Waals surface area (Å²) in [6, 6.07) is 24.5. The van der Waals surface area contributed by atoms with Crippen LogP contribution in [0.25, 0.3) is 33.7 Å². The van der Waals surface area contributed by atoms with Crippen LogP contribution in [-0.2, 0) is 10.2 Å². The minimum absolute atomic E-state index is 0.0693. The summed E-state index contributed by atoms with van der Waals surface area (Å²) in [5, 5.41) is 16.9. The molecule has 8 heteroatoms. The van der Waals surface area contributed by atoms with E-state index in [0.29, 0.717) is 41.5 Å².